The molecule has 0 atom stereocenters. The highest BCUT2D eigenvalue weighted by Crippen LogP contribution is 2.61. The van der Waals surface area contributed by atoms with Crippen LogP contribution in [0.5, 0.6) is 0 Å². The first-order chi connectivity index (χ1) is 34.6. The second-order valence-electron chi connectivity index (χ2n) is 21.0. The van der Waals surface area contributed by atoms with Crippen molar-refractivity contribution in [3.05, 3.63) is 270 Å². The van der Waals surface area contributed by atoms with E-state index >= 15 is 0 Å². The fraction of sp³-hybridized carbons (Fsp3) is 0.159. The minimum absolute atomic E-state index is 0.398. The molecule has 5 aliphatic carbocycles. The molecule has 0 heterocycles. The summed E-state index contributed by atoms with van der Waals surface area (Å²) in [4.78, 5) is 2.51. The van der Waals surface area contributed by atoms with Crippen LogP contribution in [0.15, 0.2) is 243 Å². The van der Waals surface area contributed by atoms with Gasteiger partial charge in [0, 0.05) is 16.9 Å². The molecule has 0 aliphatic heterocycles. The number of hydrogen-bond donors (Lipinski definition) is 0. The molecule has 10 aromatic rings. The van der Waals surface area contributed by atoms with Gasteiger partial charge in [-0.25, -0.2) is 0 Å². The Morgan fingerprint density at radius 3 is 1.47 bits per heavy atom. The van der Waals surface area contributed by atoms with E-state index in [0.29, 0.717) is 5.41 Å². The molecule has 4 fully saturated rings. The van der Waals surface area contributed by atoms with Crippen molar-refractivity contribution in [2.24, 2.45) is 17.8 Å². The van der Waals surface area contributed by atoms with Gasteiger partial charge in [0.1, 0.15) is 0 Å². The number of para-hydroxylation sites is 1. The minimum atomic E-state index is -0.473. The molecule has 1 heteroatoms. The molecular weight excluding hydrogens is 843 g/mol. The van der Waals surface area contributed by atoms with Gasteiger partial charge in [-0.3, -0.25) is 0 Å². The van der Waals surface area contributed by atoms with Gasteiger partial charge in [0.05, 0.1) is 11.1 Å². The highest BCUT2D eigenvalue weighted by atomic mass is 15.1. The third-order valence-electron chi connectivity index (χ3n) is 17.1. The monoisotopic (exact) mass is 897 g/mol. The van der Waals surface area contributed by atoms with Gasteiger partial charge in [-0.1, -0.05) is 212 Å². The molecule has 4 saturated carbocycles. The number of anilines is 3. The number of nitrogens with zero attached hydrogens (tertiary/aromatic N) is 1. The third kappa shape index (κ3) is 6.51. The molecular formula is C69H55N. The van der Waals surface area contributed by atoms with Crippen molar-refractivity contribution >= 4 is 27.8 Å². The summed E-state index contributed by atoms with van der Waals surface area (Å²) in [6.07, 6.45) is 8.60. The molecule has 0 saturated heterocycles. The Morgan fingerprint density at radius 1 is 0.329 bits per heavy atom. The number of rotatable bonds is 9. The van der Waals surface area contributed by atoms with Gasteiger partial charge in [0.25, 0.3) is 0 Å². The maximum atomic E-state index is 2.51. The lowest BCUT2D eigenvalue weighted by molar-refractivity contribution is -0.00518. The molecule has 4 bridgehead atoms. The Balaban J connectivity index is 0.937. The fourth-order valence-electron chi connectivity index (χ4n) is 14.6. The average molecular weight is 898 g/mol. The maximum Gasteiger partial charge on any atom is 0.0713 e. The highest BCUT2D eigenvalue weighted by molar-refractivity contribution is 6.09. The first-order valence-electron chi connectivity index (χ1n) is 25.7. The van der Waals surface area contributed by atoms with E-state index in [2.05, 4.69) is 248 Å². The van der Waals surface area contributed by atoms with Crippen molar-refractivity contribution in [3.8, 4) is 44.5 Å². The topological polar surface area (TPSA) is 3.24 Å². The summed E-state index contributed by atoms with van der Waals surface area (Å²) < 4.78 is 0. The van der Waals surface area contributed by atoms with Crippen LogP contribution in [0.3, 0.4) is 0 Å². The smallest absolute Gasteiger partial charge is 0.0713 e. The van der Waals surface area contributed by atoms with Gasteiger partial charge in [-0.15, -0.1) is 0 Å². The summed E-state index contributed by atoms with van der Waals surface area (Å²) >= 11 is 0. The minimum Gasteiger partial charge on any atom is -0.310 e. The van der Waals surface area contributed by atoms with Gasteiger partial charge in [-0.05, 0) is 170 Å². The van der Waals surface area contributed by atoms with E-state index in [1.807, 2.05) is 0 Å². The quantitative estimate of drug-likeness (QED) is 0.140. The van der Waals surface area contributed by atoms with Crippen LogP contribution in [0.1, 0.15) is 66.3 Å². The van der Waals surface area contributed by atoms with E-state index < -0.39 is 5.41 Å². The van der Waals surface area contributed by atoms with E-state index in [4.69, 9.17) is 0 Å². The molecule has 5 aliphatic rings. The van der Waals surface area contributed by atoms with Gasteiger partial charge in [-0.2, -0.15) is 0 Å². The van der Waals surface area contributed by atoms with Crippen LogP contribution in [0.25, 0.3) is 55.3 Å². The van der Waals surface area contributed by atoms with Crippen molar-refractivity contribution in [2.75, 3.05) is 4.90 Å². The van der Waals surface area contributed by atoms with Crippen molar-refractivity contribution < 1.29 is 0 Å². The third-order valence-corrected chi connectivity index (χ3v) is 17.1. The molecule has 336 valence electrons. The standard InChI is InChI=1S/C69H55N/c1-4-16-52(17-5-1)59-26-14-18-53-19-15-27-62(67(53)59)61-25-11-13-29-66(61)70(57-36-32-51(33-37-57)50-30-34-54(35-31-50)68-44-47-40-48(45-68)42-49(41-47)46-68)58-38-39-65-63(43-58)60-24-10-12-28-64(60)69(65,55-20-6-2-7-21-55)56-22-8-3-9-23-56/h1-39,43,47-49H,40-42,44-46H2. The Bertz CT molecular complexity index is 3470. The van der Waals surface area contributed by atoms with Crippen molar-refractivity contribution in [1.29, 1.82) is 0 Å². The molecule has 0 N–H and O–H groups in total. The predicted molar refractivity (Wildman–Crippen MR) is 292 cm³/mol. The van der Waals surface area contributed by atoms with E-state index in [-0.39, 0.29) is 0 Å². The summed E-state index contributed by atoms with van der Waals surface area (Å²) in [5.74, 6) is 2.82. The molecule has 0 radical (unpaired) electrons. The van der Waals surface area contributed by atoms with Crippen LogP contribution in [0.4, 0.5) is 17.1 Å². The Hall–Kier alpha value is -7.74. The Morgan fingerprint density at radius 2 is 0.829 bits per heavy atom. The lowest BCUT2D eigenvalue weighted by Gasteiger charge is -2.57. The summed E-state index contributed by atoms with van der Waals surface area (Å²) in [6, 6.07) is 91.1. The molecule has 0 unspecified atom stereocenters. The van der Waals surface area contributed by atoms with Gasteiger partial charge in [0.15, 0.2) is 0 Å². The summed E-state index contributed by atoms with van der Waals surface area (Å²) in [7, 11) is 0. The summed E-state index contributed by atoms with van der Waals surface area (Å²) in [6.45, 7) is 0. The Kier molecular flexibility index (Phi) is 9.70. The predicted octanol–water partition coefficient (Wildman–Crippen LogP) is 18.1. The number of fused-ring (bicyclic) bond motifs is 4. The van der Waals surface area contributed by atoms with Crippen molar-refractivity contribution in [2.45, 2.75) is 49.4 Å². The van der Waals surface area contributed by atoms with Crippen LogP contribution in [0.2, 0.25) is 0 Å². The zero-order valence-corrected chi connectivity index (χ0v) is 39.5. The number of hydrogen-bond acceptors (Lipinski definition) is 1. The second-order valence-corrected chi connectivity index (χ2v) is 21.0. The molecule has 1 nitrogen and oxygen atoms in total. The summed E-state index contributed by atoms with van der Waals surface area (Å²) in [5.41, 5.74) is 20.0. The van der Waals surface area contributed by atoms with E-state index in [0.717, 1.165) is 34.8 Å². The van der Waals surface area contributed by atoms with Crippen LogP contribution >= 0.6 is 0 Å². The molecule has 0 amide bonds. The zero-order chi connectivity index (χ0) is 46.2. The van der Waals surface area contributed by atoms with E-state index in [1.165, 1.54) is 116 Å². The largest absolute Gasteiger partial charge is 0.310 e. The molecule has 70 heavy (non-hydrogen) atoms. The van der Waals surface area contributed by atoms with Crippen LogP contribution in [0, 0.1) is 17.8 Å². The lowest BCUT2D eigenvalue weighted by Crippen LogP contribution is -2.48. The van der Waals surface area contributed by atoms with Crippen LogP contribution in [-0.2, 0) is 10.8 Å². The van der Waals surface area contributed by atoms with Crippen LogP contribution in [-0.4, -0.2) is 0 Å². The van der Waals surface area contributed by atoms with E-state index in [1.54, 1.807) is 5.56 Å². The molecule has 10 aromatic carbocycles. The summed E-state index contributed by atoms with van der Waals surface area (Å²) in [5, 5.41) is 2.49. The SMILES string of the molecule is c1ccc(-c2cccc3cccc(-c4ccccc4N(c4ccc(-c5ccc(C67CC8CC(CC(C8)C6)C7)cc5)cc4)c4ccc5c(c4)-c4ccccc4C5(c4ccccc4)c4ccccc4)c23)cc1. The molecule has 15 rings (SSSR count). The van der Waals surface area contributed by atoms with E-state index in [9.17, 15) is 0 Å². The normalized spacial score (nSPS) is 20.3. The lowest BCUT2D eigenvalue weighted by atomic mass is 9.48. The fourth-order valence-corrected chi connectivity index (χ4v) is 14.6. The first-order valence-corrected chi connectivity index (χ1v) is 25.7. The maximum absolute atomic E-state index is 2.51. The van der Waals surface area contributed by atoms with Crippen LogP contribution < -0.4 is 4.90 Å². The molecule has 0 aromatic heterocycles. The molecule has 0 spiro atoms. The van der Waals surface area contributed by atoms with Gasteiger partial charge in [0.2, 0.25) is 0 Å². The van der Waals surface area contributed by atoms with Crippen molar-refractivity contribution in [3.63, 3.8) is 0 Å². The Labute approximate surface area is 412 Å². The average Bonchev–Trinajstić information content (AvgIpc) is 3.72. The second kappa shape index (κ2) is 16.5. The highest BCUT2D eigenvalue weighted by Gasteiger charge is 2.51. The zero-order valence-electron chi connectivity index (χ0n) is 39.5. The number of benzene rings is 10. The first kappa shape index (κ1) is 41.3. The van der Waals surface area contributed by atoms with Gasteiger partial charge < -0.3 is 4.90 Å². The van der Waals surface area contributed by atoms with Gasteiger partial charge >= 0.3 is 0 Å². The van der Waals surface area contributed by atoms with Crippen molar-refractivity contribution in [1.82, 2.24) is 0 Å².